The number of nitrogens with zero attached hydrogens (tertiary/aromatic N) is 1. The summed E-state index contributed by atoms with van der Waals surface area (Å²) in [5, 5.41) is 6.92. The maximum Gasteiger partial charge on any atom is 0.267 e. The molecule has 21 heavy (non-hydrogen) atoms. The molecule has 0 bridgehead atoms. The zero-order chi connectivity index (χ0) is 15.5. The number of hydrogen-bond acceptors (Lipinski definition) is 3. The van der Waals surface area contributed by atoms with Gasteiger partial charge in [-0.05, 0) is 37.0 Å². The molecule has 2 aliphatic rings. The van der Waals surface area contributed by atoms with Gasteiger partial charge in [-0.1, -0.05) is 27.2 Å². The zero-order valence-corrected chi connectivity index (χ0v) is 13.4. The summed E-state index contributed by atoms with van der Waals surface area (Å²) in [6.07, 6.45) is 6.42. The first-order valence-electron chi connectivity index (χ1n) is 8.08. The van der Waals surface area contributed by atoms with Crippen LogP contribution in [0.4, 0.5) is 0 Å². The Kier molecular flexibility index (Phi) is 5.01. The fraction of sp³-hybridized carbons (Fsp3) is 0.812. The van der Waals surface area contributed by atoms with E-state index in [0.29, 0.717) is 24.0 Å². The highest BCUT2D eigenvalue weighted by Gasteiger charge is 2.32. The average molecular weight is 293 g/mol. The molecule has 0 atom stereocenters. The van der Waals surface area contributed by atoms with Gasteiger partial charge in [-0.15, -0.1) is 0 Å². The number of carbonyl (C=O) groups is 2. The lowest BCUT2D eigenvalue weighted by Crippen LogP contribution is -2.44. The summed E-state index contributed by atoms with van der Waals surface area (Å²) < 4.78 is 0. The summed E-state index contributed by atoms with van der Waals surface area (Å²) in [6, 6.07) is 0.252. The van der Waals surface area contributed by atoms with Crippen molar-refractivity contribution in [1.82, 2.24) is 10.7 Å². The fourth-order valence-corrected chi connectivity index (χ4v) is 3.21. The molecular formula is C16H27N3O2. The fourth-order valence-electron chi connectivity index (χ4n) is 3.21. The van der Waals surface area contributed by atoms with E-state index in [1.54, 1.807) is 0 Å². The van der Waals surface area contributed by atoms with Crippen LogP contribution < -0.4 is 10.7 Å². The molecule has 0 spiro atoms. The Balaban J connectivity index is 1.81. The summed E-state index contributed by atoms with van der Waals surface area (Å²) in [5.74, 6) is 0.518. The van der Waals surface area contributed by atoms with E-state index in [1.165, 1.54) is 19.3 Å². The standard InChI is InChI=1S/C16H27N3O2/c1-4-16(2,3)11-5-7-12(8-6-11)17-15(21)13-9-10-14(20)19-18-13/h11-12H,4-10H2,1-3H3,(H,17,21)(H,19,20). The van der Waals surface area contributed by atoms with E-state index in [-0.39, 0.29) is 17.9 Å². The van der Waals surface area contributed by atoms with Crippen LogP contribution in [0.15, 0.2) is 5.10 Å². The van der Waals surface area contributed by atoms with Crippen LogP contribution in [0.2, 0.25) is 0 Å². The molecule has 0 aromatic carbocycles. The van der Waals surface area contributed by atoms with Crippen LogP contribution in [0.25, 0.3) is 0 Å². The first-order chi connectivity index (χ1) is 9.92. The number of rotatable bonds is 4. The minimum Gasteiger partial charge on any atom is -0.348 e. The number of hydrogen-bond donors (Lipinski definition) is 2. The molecule has 1 aliphatic carbocycles. The summed E-state index contributed by atoms with van der Waals surface area (Å²) in [4.78, 5) is 23.1. The van der Waals surface area contributed by atoms with E-state index in [4.69, 9.17) is 0 Å². The summed E-state index contributed by atoms with van der Waals surface area (Å²) in [6.45, 7) is 6.94. The lowest BCUT2D eigenvalue weighted by Gasteiger charge is -2.39. The van der Waals surface area contributed by atoms with E-state index in [2.05, 4.69) is 36.6 Å². The van der Waals surface area contributed by atoms with Crippen molar-refractivity contribution >= 4 is 17.5 Å². The molecule has 0 unspecified atom stereocenters. The molecule has 2 N–H and O–H groups in total. The topological polar surface area (TPSA) is 70.6 Å². The van der Waals surface area contributed by atoms with Crippen LogP contribution in [0.1, 0.15) is 65.7 Å². The SMILES string of the molecule is CCC(C)(C)C1CCC(NC(=O)C2=NNC(=O)CC2)CC1. The molecular weight excluding hydrogens is 266 g/mol. The third kappa shape index (κ3) is 4.05. The zero-order valence-electron chi connectivity index (χ0n) is 13.4. The number of carbonyl (C=O) groups excluding carboxylic acids is 2. The molecule has 0 radical (unpaired) electrons. The normalized spacial score (nSPS) is 26.8. The van der Waals surface area contributed by atoms with Crippen LogP contribution in [0, 0.1) is 11.3 Å². The lowest BCUT2D eigenvalue weighted by molar-refractivity contribution is -0.121. The summed E-state index contributed by atoms with van der Waals surface area (Å²) in [7, 11) is 0. The second-order valence-electron chi connectivity index (χ2n) is 6.96. The highest BCUT2D eigenvalue weighted by Crippen LogP contribution is 2.40. The number of amides is 2. The maximum absolute atomic E-state index is 12.1. The highest BCUT2D eigenvalue weighted by molar-refractivity contribution is 6.39. The molecule has 1 heterocycles. The summed E-state index contributed by atoms with van der Waals surface area (Å²) in [5.41, 5.74) is 3.22. The van der Waals surface area contributed by atoms with Gasteiger partial charge >= 0.3 is 0 Å². The first-order valence-corrected chi connectivity index (χ1v) is 8.08. The number of hydrazone groups is 1. The van der Waals surface area contributed by atoms with Crippen molar-refractivity contribution in [3.63, 3.8) is 0 Å². The Bertz CT molecular complexity index is 435. The smallest absolute Gasteiger partial charge is 0.267 e. The molecule has 1 saturated carbocycles. The van der Waals surface area contributed by atoms with E-state index < -0.39 is 0 Å². The second kappa shape index (κ2) is 6.58. The van der Waals surface area contributed by atoms with E-state index in [0.717, 1.165) is 18.8 Å². The highest BCUT2D eigenvalue weighted by atomic mass is 16.2. The minimum atomic E-state index is -0.117. The molecule has 1 aliphatic heterocycles. The van der Waals surface area contributed by atoms with Gasteiger partial charge in [0.2, 0.25) is 5.91 Å². The first kappa shape index (κ1) is 16.0. The Morgan fingerprint density at radius 2 is 1.95 bits per heavy atom. The average Bonchev–Trinajstić information content (AvgIpc) is 2.48. The molecule has 0 saturated heterocycles. The lowest BCUT2D eigenvalue weighted by atomic mass is 9.69. The van der Waals surface area contributed by atoms with Crippen molar-refractivity contribution < 1.29 is 9.59 Å². The van der Waals surface area contributed by atoms with Gasteiger partial charge in [-0.3, -0.25) is 9.59 Å². The largest absolute Gasteiger partial charge is 0.348 e. The quantitative estimate of drug-likeness (QED) is 0.835. The van der Waals surface area contributed by atoms with Gasteiger partial charge in [0.05, 0.1) is 0 Å². The van der Waals surface area contributed by atoms with Crippen molar-refractivity contribution in [1.29, 1.82) is 0 Å². The van der Waals surface area contributed by atoms with Crippen molar-refractivity contribution in [3.8, 4) is 0 Å². The van der Waals surface area contributed by atoms with Crippen molar-refractivity contribution in [2.24, 2.45) is 16.4 Å². The predicted octanol–water partition coefficient (Wildman–Crippen LogP) is 2.36. The second-order valence-corrected chi connectivity index (χ2v) is 6.96. The van der Waals surface area contributed by atoms with Crippen LogP contribution in [0.5, 0.6) is 0 Å². The Hall–Kier alpha value is -1.39. The van der Waals surface area contributed by atoms with E-state index >= 15 is 0 Å². The van der Waals surface area contributed by atoms with Gasteiger partial charge in [0.25, 0.3) is 5.91 Å². The Labute approximate surface area is 126 Å². The molecule has 5 nitrogen and oxygen atoms in total. The number of nitrogens with one attached hydrogen (secondary N) is 2. The van der Waals surface area contributed by atoms with Gasteiger partial charge < -0.3 is 5.32 Å². The van der Waals surface area contributed by atoms with Gasteiger partial charge in [0.15, 0.2) is 0 Å². The minimum absolute atomic E-state index is 0.117. The molecule has 2 amide bonds. The molecule has 0 aromatic rings. The molecule has 5 heteroatoms. The van der Waals surface area contributed by atoms with Gasteiger partial charge in [-0.2, -0.15) is 5.10 Å². The molecule has 118 valence electrons. The third-order valence-electron chi connectivity index (χ3n) is 5.25. The van der Waals surface area contributed by atoms with E-state index in [9.17, 15) is 9.59 Å². The third-order valence-corrected chi connectivity index (χ3v) is 5.25. The van der Waals surface area contributed by atoms with Crippen molar-refractivity contribution in [2.75, 3.05) is 0 Å². The maximum atomic E-state index is 12.1. The van der Waals surface area contributed by atoms with Gasteiger partial charge in [0, 0.05) is 18.9 Å². The van der Waals surface area contributed by atoms with Crippen LogP contribution in [0.3, 0.4) is 0 Å². The predicted molar refractivity (Wildman–Crippen MR) is 82.8 cm³/mol. The van der Waals surface area contributed by atoms with E-state index in [1.807, 2.05) is 0 Å². The Morgan fingerprint density at radius 3 is 2.48 bits per heavy atom. The van der Waals surface area contributed by atoms with Gasteiger partial charge in [0.1, 0.15) is 5.71 Å². The van der Waals surface area contributed by atoms with Crippen LogP contribution in [-0.2, 0) is 9.59 Å². The van der Waals surface area contributed by atoms with Crippen LogP contribution >= 0.6 is 0 Å². The van der Waals surface area contributed by atoms with Crippen molar-refractivity contribution in [2.45, 2.75) is 71.8 Å². The van der Waals surface area contributed by atoms with Gasteiger partial charge in [-0.25, -0.2) is 5.43 Å². The Morgan fingerprint density at radius 1 is 1.29 bits per heavy atom. The summed E-state index contributed by atoms with van der Waals surface area (Å²) >= 11 is 0. The monoisotopic (exact) mass is 293 g/mol. The van der Waals surface area contributed by atoms with Crippen LogP contribution in [-0.4, -0.2) is 23.6 Å². The molecule has 1 fully saturated rings. The molecule has 0 aromatic heterocycles. The van der Waals surface area contributed by atoms with Crippen molar-refractivity contribution in [3.05, 3.63) is 0 Å². The molecule has 2 rings (SSSR count).